The zero-order valence-electron chi connectivity index (χ0n) is 14.0. The topological polar surface area (TPSA) is 34.6 Å². The number of aromatic nitrogens is 1. The summed E-state index contributed by atoms with van der Waals surface area (Å²) < 4.78 is 0. The number of likely N-dealkylation sites (N-methyl/N-ethyl adjacent to an activating group) is 1. The number of nitrogens with zero attached hydrogens (tertiary/aromatic N) is 4. The Kier molecular flexibility index (Phi) is 5.98. The SMILES string of the molecule is CNC(C)c1sc(N2CCN(CCN(C)C)CC2)nc1C. The molecule has 1 saturated heterocycles. The Morgan fingerprint density at radius 1 is 1.29 bits per heavy atom. The molecule has 2 heterocycles. The van der Waals surface area contributed by atoms with Crippen LogP contribution >= 0.6 is 11.3 Å². The zero-order chi connectivity index (χ0) is 15.4. The monoisotopic (exact) mass is 311 g/mol. The van der Waals surface area contributed by atoms with E-state index in [4.69, 9.17) is 4.98 Å². The highest BCUT2D eigenvalue weighted by molar-refractivity contribution is 7.15. The minimum Gasteiger partial charge on any atom is -0.346 e. The first-order chi connectivity index (χ1) is 10.0. The van der Waals surface area contributed by atoms with E-state index in [2.05, 4.69) is 48.0 Å². The first-order valence-electron chi connectivity index (χ1n) is 7.78. The third-order valence-corrected chi connectivity index (χ3v) is 5.55. The van der Waals surface area contributed by atoms with Gasteiger partial charge in [-0.05, 0) is 35.0 Å². The summed E-state index contributed by atoms with van der Waals surface area (Å²) >= 11 is 1.84. The van der Waals surface area contributed by atoms with Gasteiger partial charge in [0.15, 0.2) is 5.13 Å². The van der Waals surface area contributed by atoms with Gasteiger partial charge in [0.2, 0.25) is 0 Å². The second kappa shape index (κ2) is 7.54. The maximum Gasteiger partial charge on any atom is 0.185 e. The molecule has 1 N–H and O–H groups in total. The molecular weight excluding hydrogens is 282 g/mol. The molecule has 120 valence electrons. The van der Waals surface area contributed by atoms with Crippen LogP contribution in [0.1, 0.15) is 23.5 Å². The predicted molar refractivity (Wildman–Crippen MR) is 91.5 cm³/mol. The molecule has 1 aliphatic rings. The summed E-state index contributed by atoms with van der Waals surface area (Å²) in [5.41, 5.74) is 1.17. The summed E-state index contributed by atoms with van der Waals surface area (Å²) in [5.74, 6) is 0. The van der Waals surface area contributed by atoms with Crippen molar-refractivity contribution < 1.29 is 0 Å². The molecule has 1 unspecified atom stereocenters. The smallest absolute Gasteiger partial charge is 0.185 e. The third-order valence-electron chi connectivity index (χ3n) is 4.15. The Hall–Kier alpha value is -0.690. The molecule has 0 spiro atoms. The summed E-state index contributed by atoms with van der Waals surface area (Å²) in [6.45, 7) is 11.1. The second-order valence-corrected chi connectivity index (χ2v) is 7.10. The van der Waals surface area contributed by atoms with Gasteiger partial charge in [-0.1, -0.05) is 0 Å². The quantitative estimate of drug-likeness (QED) is 0.859. The van der Waals surface area contributed by atoms with Crippen molar-refractivity contribution in [3.8, 4) is 0 Å². The lowest BCUT2D eigenvalue weighted by molar-refractivity contribution is 0.229. The molecule has 0 saturated carbocycles. The summed E-state index contributed by atoms with van der Waals surface area (Å²) in [6, 6.07) is 0.387. The van der Waals surface area contributed by atoms with Crippen LogP contribution in [0.5, 0.6) is 0 Å². The van der Waals surface area contributed by atoms with E-state index in [0.29, 0.717) is 6.04 Å². The van der Waals surface area contributed by atoms with Crippen LogP contribution in [0.3, 0.4) is 0 Å². The average Bonchev–Trinajstić information content (AvgIpc) is 2.87. The van der Waals surface area contributed by atoms with E-state index in [9.17, 15) is 0 Å². The lowest BCUT2D eigenvalue weighted by Gasteiger charge is -2.35. The van der Waals surface area contributed by atoms with Gasteiger partial charge in [-0.2, -0.15) is 0 Å². The van der Waals surface area contributed by atoms with Crippen molar-refractivity contribution in [1.82, 2.24) is 20.1 Å². The summed E-state index contributed by atoms with van der Waals surface area (Å²) in [7, 11) is 6.28. The van der Waals surface area contributed by atoms with Crippen LogP contribution in [0.25, 0.3) is 0 Å². The van der Waals surface area contributed by atoms with E-state index in [1.54, 1.807) is 0 Å². The van der Waals surface area contributed by atoms with Gasteiger partial charge in [0, 0.05) is 50.2 Å². The highest BCUT2D eigenvalue weighted by Gasteiger charge is 2.21. The highest BCUT2D eigenvalue weighted by Crippen LogP contribution is 2.30. The standard InChI is InChI=1S/C15H29N5S/c1-12(16-3)14-13(2)17-15(21-14)20-10-8-19(9-11-20)7-6-18(4)5/h12,16H,6-11H2,1-5H3. The molecule has 2 rings (SSSR count). The molecule has 0 aromatic carbocycles. The molecule has 0 aliphatic carbocycles. The Labute approximate surface area is 132 Å². The predicted octanol–water partition coefficient (Wildman–Crippen LogP) is 1.42. The van der Waals surface area contributed by atoms with Crippen LogP contribution in [0.2, 0.25) is 0 Å². The number of thiazole rings is 1. The van der Waals surface area contributed by atoms with E-state index >= 15 is 0 Å². The molecular formula is C15H29N5S. The van der Waals surface area contributed by atoms with Gasteiger partial charge in [-0.25, -0.2) is 4.98 Å². The number of hydrogen-bond acceptors (Lipinski definition) is 6. The summed E-state index contributed by atoms with van der Waals surface area (Å²) in [5, 5.41) is 4.50. The van der Waals surface area contributed by atoms with Crippen LogP contribution in [-0.4, -0.2) is 75.2 Å². The van der Waals surface area contributed by atoms with Crippen LogP contribution in [0, 0.1) is 6.92 Å². The number of nitrogens with one attached hydrogen (secondary N) is 1. The molecule has 0 amide bonds. The van der Waals surface area contributed by atoms with Gasteiger partial charge in [-0.15, -0.1) is 11.3 Å². The van der Waals surface area contributed by atoms with Gasteiger partial charge in [0.05, 0.1) is 5.69 Å². The Morgan fingerprint density at radius 3 is 2.52 bits per heavy atom. The van der Waals surface area contributed by atoms with Crippen molar-refractivity contribution in [2.45, 2.75) is 19.9 Å². The maximum atomic E-state index is 4.78. The molecule has 1 aromatic rings. The number of hydrogen-bond donors (Lipinski definition) is 1. The summed E-state index contributed by atoms with van der Waals surface area (Å²) in [6.07, 6.45) is 0. The molecule has 1 aliphatic heterocycles. The molecule has 6 heteroatoms. The van der Waals surface area contributed by atoms with Gasteiger partial charge >= 0.3 is 0 Å². The Morgan fingerprint density at radius 2 is 1.95 bits per heavy atom. The van der Waals surface area contributed by atoms with Crippen molar-refractivity contribution in [3.05, 3.63) is 10.6 Å². The molecule has 0 radical (unpaired) electrons. The van der Waals surface area contributed by atoms with Crippen LogP contribution in [-0.2, 0) is 0 Å². The zero-order valence-corrected chi connectivity index (χ0v) is 14.8. The van der Waals surface area contributed by atoms with Crippen LogP contribution in [0.15, 0.2) is 0 Å². The van der Waals surface area contributed by atoms with Crippen molar-refractivity contribution in [2.75, 3.05) is 65.3 Å². The molecule has 1 atom stereocenters. The number of piperazine rings is 1. The third kappa shape index (κ3) is 4.39. The van der Waals surface area contributed by atoms with Gasteiger partial charge in [0.25, 0.3) is 0 Å². The van der Waals surface area contributed by atoms with Gasteiger partial charge in [0.1, 0.15) is 0 Å². The van der Waals surface area contributed by atoms with E-state index in [-0.39, 0.29) is 0 Å². The van der Waals surface area contributed by atoms with Gasteiger partial charge in [-0.3, -0.25) is 4.90 Å². The lowest BCUT2D eigenvalue weighted by Crippen LogP contribution is -2.48. The molecule has 5 nitrogen and oxygen atoms in total. The first-order valence-corrected chi connectivity index (χ1v) is 8.59. The van der Waals surface area contributed by atoms with Crippen LogP contribution < -0.4 is 10.2 Å². The molecule has 1 fully saturated rings. The van der Waals surface area contributed by atoms with Crippen LogP contribution in [0.4, 0.5) is 5.13 Å². The highest BCUT2D eigenvalue weighted by atomic mass is 32.1. The molecule has 21 heavy (non-hydrogen) atoms. The Bertz CT molecular complexity index is 437. The Balaban J connectivity index is 1.90. The van der Waals surface area contributed by atoms with E-state index < -0.39 is 0 Å². The van der Waals surface area contributed by atoms with Crippen molar-refractivity contribution >= 4 is 16.5 Å². The summed E-state index contributed by atoms with van der Waals surface area (Å²) in [4.78, 5) is 13.4. The number of rotatable bonds is 6. The van der Waals surface area contributed by atoms with Crippen molar-refractivity contribution in [3.63, 3.8) is 0 Å². The normalized spacial score (nSPS) is 18.5. The van der Waals surface area contributed by atoms with E-state index in [0.717, 1.165) is 32.7 Å². The molecule has 0 bridgehead atoms. The fourth-order valence-corrected chi connectivity index (χ4v) is 3.74. The van der Waals surface area contributed by atoms with Crippen molar-refractivity contribution in [2.24, 2.45) is 0 Å². The second-order valence-electron chi connectivity index (χ2n) is 6.09. The van der Waals surface area contributed by atoms with E-state index in [1.807, 2.05) is 18.4 Å². The average molecular weight is 311 g/mol. The lowest BCUT2D eigenvalue weighted by atomic mass is 10.2. The fourth-order valence-electron chi connectivity index (χ4n) is 2.57. The first kappa shape index (κ1) is 16.7. The maximum absolute atomic E-state index is 4.78. The largest absolute Gasteiger partial charge is 0.346 e. The minimum atomic E-state index is 0.387. The van der Waals surface area contributed by atoms with E-state index in [1.165, 1.54) is 22.2 Å². The number of aryl methyl sites for hydroxylation is 1. The minimum absolute atomic E-state index is 0.387. The van der Waals surface area contributed by atoms with Gasteiger partial charge < -0.3 is 15.1 Å². The number of anilines is 1. The molecule has 1 aromatic heterocycles. The fraction of sp³-hybridized carbons (Fsp3) is 0.800. The van der Waals surface area contributed by atoms with Crippen molar-refractivity contribution in [1.29, 1.82) is 0 Å².